The predicted molar refractivity (Wildman–Crippen MR) is 88.7 cm³/mol. The Hall–Kier alpha value is -1.06. The first kappa shape index (κ1) is 16.3. The predicted octanol–water partition coefficient (Wildman–Crippen LogP) is 3.51. The van der Waals surface area contributed by atoms with E-state index in [1.54, 1.807) is 7.11 Å². The quantitative estimate of drug-likeness (QED) is 0.796. The summed E-state index contributed by atoms with van der Waals surface area (Å²) in [7, 11) is 1.72. The Balaban J connectivity index is 2.04. The molecule has 1 saturated carbocycles. The molecule has 0 spiro atoms. The van der Waals surface area contributed by atoms with Crippen LogP contribution in [0, 0.1) is 12.8 Å². The lowest BCUT2D eigenvalue weighted by molar-refractivity contribution is 0.232. The summed E-state index contributed by atoms with van der Waals surface area (Å²) in [6.45, 7) is 8.76. The van der Waals surface area contributed by atoms with Crippen LogP contribution in [0.1, 0.15) is 50.3 Å². The number of ether oxygens (including phenoxy) is 1. The highest BCUT2D eigenvalue weighted by Gasteiger charge is 2.30. The summed E-state index contributed by atoms with van der Waals surface area (Å²) < 4.78 is 5.48. The van der Waals surface area contributed by atoms with E-state index in [0.29, 0.717) is 0 Å². The molecule has 1 unspecified atom stereocenters. The van der Waals surface area contributed by atoms with Gasteiger partial charge in [0.2, 0.25) is 0 Å². The van der Waals surface area contributed by atoms with Crippen molar-refractivity contribution in [2.75, 3.05) is 20.2 Å². The van der Waals surface area contributed by atoms with Gasteiger partial charge in [-0.1, -0.05) is 31.5 Å². The molecule has 2 rings (SSSR count). The second kappa shape index (κ2) is 7.28. The smallest absolute Gasteiger partial charge is 0.123 e. The molecule has 21 heavy (non-hydrogen) atoms. The highest BCUT2D eigenvalue weighted by Crippen LogP contribution is 2.31. The maximum Gasteiger partial charge on any atom is 0.123 e. The third-order valence-electron chi connectivity index (χ3n) is 4.27. The van der Waals surface area contributed by atoms with Crippen LogP contribution < -0.4 is 10.5 Å². The lowest BCUT2D eigenvalue weighted by Gasteiger charge is -2.27. The Bertz CT molecular complexity index is 455. The molecule has 118 valence electrons. The van der Waals surface area contributed by atoms with E-state index in [4.69, 9.17) is 10.5 Å². The van der Waals surface area contributed by atoms with Gasteiger partial charge in [0.25, 0.3) is 0 Å². The molecule has 1 aliphatic carbocycles. The van der Waals surface area contributed by atoms with E-state index in [2.05, 4.69) is 37.8 Å². The monoisotopic (exact) mass is 290 g/mol. The fourth-order valence-corrected chi connectivity index (χ4v) is 2.78. The number of nitrogens with two attached hydrogens (primary N) is 1. The van der Waals surface area contributed by atoms with Crippen molar-refractivity contribution in [3.63, 3.8) is 0 Å². The Morgan fingerprint density at radius 2 is 2.05 bits per heavy atom. The normalized spacial score (nSPS) is 16.5. The number of hydrogen-bond donors (Lipinski definition) is 1. The zero-order valence-electron chi connectivity index (χ0n) is 13.9. The average molecular weight is 290 g/mol. The van der Waals surface area contributed by atoms with Gasteiger partial charge < -0.3 is 10.5 Å². The fourth-order valence-electron chi connectivity index (χ4n) is 2.78. The third-order valence-corrected chi connectivity index (χ3v) is 4.27. The highest BCUT2D eigenvalue weighted by atomic mass is 16.5. The van der Waals surface area contributed by atoms with Crippen molar-refractivity contribution in [1.29, 1.82) is 0 Å². The van der Waals surface area contributed by atoms with Crippen LogP contribution in [0.2, 0.25) is 0 Å². The first-order chi connectivity index (χ1) is 10.0. The number of methoxy groups -OCH3 is 1. The van der Waals surface area contributed by atoms with Crippen molar-refractivity contribution in [2.24, 2.45) is 11.7 Å². The topological polar surface area (TPSA) is 38.5 Å². The standard InChI is InChI=1S/C18H30N2O/c1-13(2)9-10-20(15-6-7-15)12-17(19)16-11-14(3)5-8-18(16)21-4/h5,8,11,13,15,17H,6-7,9-10,12,19H2,1-4H3. The Labute approximate surface area is 129 Å². The molecule has 0 bridgehead atoms. The van der Waals surface area contributed by atoms with Crippen LogP contribution in [0.15, 0.2) is 18.2 Å². The van der Waals surface area contributed by atoms with Gasteiger partial charge in [-0.25, -0.2) is 0 Å². The second-order valence-electron chi connectivity index (χ2n) is 6.76. The number of hydrogen-bond acceptors (Lipinski definition) is 3. The molecule has 1 atom stereocenters. The molecule has 1 fully saturated rings. The van der Waals surface area contributed by atoms with Crippen molar-refractivity contribution < 1.29 is 4.74 Å². The molecule has 0 amide bonds. The van der Waals surface area contributed by atoms with Crippen molar-refractivity contribution in [3.8, 4) is 5.75 Å². The zero-order valence-corrected chi connectivity index (χ0v) is 13.9. The van der Waals surface area contributed by atoms with Gasteiger partial charge in [0.15, 0.2) is 0 Å². The first-order valence-electron chi connectivity index (χ1n) is 8.15. The van der Waals surface area contributed by atoms with Crippen molar-refractivity contribution in [1.82, 2.24) is 4.90 Å². The Morgan fingerprint density at radius 3 is 2.62 bits per heavy atom. The summed E-state index contributed by atoms with van der Waals surface area (Å²) in [6.07, 6.45) is 3.90. The van der Waals surface area contributed by atoms with Gasteiger partial charge in [0.1, 0.15) is 5.75 Å². The third kappa shape index (κ3) is 4.72. The van der Waals surface area contributed by atoms with Gasteiger partial charge in [0.05, 0.1) is 7.11 Å². The van der Waals surface area contributed by atoms with Crippen molar-refractivity contribution >= 4 is 0 Å². The minimum atomic E-state index is 0.0209. The molecule has 1 aromatic rings. The molecule has 3 nitrogen and oxygen atoms in total. The summed E-state index contributed by atoms with van der Waals surface area (Å²) in [5.74, 6) is 1.66. The summed E-state index contributed by atoms with van der Waals surface area (Å²) in [4.78, 5) is 2.58. The zero-order chi connectivity index (χ0) is 15.4. The Kier molecular flexibility index (Phi) is 5.65. The van der Waals surface area contributed by atoms with Gasteiger partial charge in [-0.3, -0.25) is 4.90 Å². The highest BCUT2D eigenvalue weighted by molar-refractivity contribution is 5.39. The minimum Gasteiger partial charge on any atom is -0.496 e. The second-order valence-corrected chi connectivity index (χ2v) is 6.76. The largest absolute Gasteiger partial charge is 0.496 e. The van der Waals surface area contributed by atoms with Gasteiger partial charge in [-0.2, -0.15) is 0 Å². The summed E-state index contributed by atoms with van der Waals surface area (Å²) in [5.41, 5.74) is 8.86. The fraction of sp³-hybridized carbons (Fsp3) is 0.667. The molecule has 1 aliphatic rings. The van der Waals surface area contributed by atoms with Crippen LogP contribution in [0.5, 0.6) is 5.75 Å². The van der Waals surface area contributed by atoms with E-state index in [1.807, 2.05) is 6.07 Å². The molecule has 0 saturated heterocycles. The maximum absolute atomic E-state index is 6.49. The van der Waals surface area contributed by atoms with E-state index in [0.717, 1.165) is 36.4 Å². The SMILES string of the molecule is COc1ccc(C)cc1C(N)CN(CCC(C)C)C1CC1. The van der Waals surface area contributed by atoms with Gasteiger partial charge in [0, 0.05) is 24.2 Å². The van der Waals surface area contributed by atoms with Crippen LogP contribution in [0.3, 0.4) is 0 Å². The molecule has 0 aromatic heterocycles. The first-order valence-corrected chi connectivity index (χ1v) is 8.15. The number of rotatable bonds is 8. The van der Waals surface area contributed by atoms with Crippen LogP contribution >= 0.6 is 0 Å². The summed E-state index contributed by atoms with van der Waals surface area (Å²) in [6, 6.07) is 7.04. The lowest BCUT2D eigenvalue weighted by Crippen LogP contribution is -2.35. The van der Waals surface area contributed by atoms with E-state index >= 15 is 0 Å². The van der Waals surface area contributed by atoms with Gasteiger partial charge in [-0.15, -0.1) is 0 Å². The Morgan fingerprint density at radius 1 is 1.33 bits per heavy atom. The summed E-state index contributed by atoms with van der Waals surface area (Å²) in [5, 5.41) is 0. The van der Waals surface area contributed by atoms with E-state index in [9.17, 15) is 0 Å². The van der Waals surface area contributed by atoms with E-state index in [1.165, 1.54) is 24.8 Å². The molecular weight excluding hydrogens is 260 g/mol. The average Bonchev–Trinajstić information content (AvgIpc) is 3.27. The molecule has 3 heteroatoms. The number of nitrogens with zero attached hydrogens (tertiary/aromatic N) is 1. The summed E-state index contributed by atoms with van der Waals surface area (Å²) >= 11 is 0. The molecule has 0 aliphatic heterocycles. The maximum atomic E-state index is 6.49. The number of aryl methyl sites for hydroxylation is 1. The molecule has 2 N–H and O–H groups in total. The van der Waals surface area contributed by atoms with Crippen molar-refractivity contribution in [2.45, 2.75) is 52.1 Å². The molecule has 0 heterocycles. The van der Waals surface area contributed by atoms with Crippen LogP contribution in [0.25, 0.3) is 0 Å². The van der Waals surface area contributed by atoms with Crippen LogP contribution in [-0.2, 0) is 0 Å². The van der Waals surface area contributed by atoms with Crippen molar-refractivity contribution in [3.05, 3.63) is 29.3 Å². The molecule has 1 aromatic carbocycles. The lowest BCUT2D eigenvalue weighted by atomic mass is 10.0. The van der Waals surface area contributed by atoms with E-state index < -0.39 is 0 Å². The van der Waals surface area contributed by atoms with Gasteiger partial charge >= 0.3 is 0 Å². The van der Waals surface area contributed by atoms with Gasteiger partial charge in [-0.05, 0) is 44.7 Å². The van der Waals surface area contributed by atoms with Crippen LogP contribution in [-0.4, -0.2) is 31.1 Å². The van der Waals surface area contributed by atoms with E-state index in [-0.39, 0.29) is 6.04 Å². The molecular formula is C18H30N2O. The van der Waals surface area contributed by atoms with Crippen LogP contribution in [0.4, 0.5) is 0 Å². The number of benzene rings is 1. The molecule has 0 radical (unpaired) electrons. The minimum absolute atomic E-state index is 0.0209.